The van der Waals surface area contributed by atoms with E-state index in [0.29, 0.717) is 19.4 Å². The van der Waals surface area contributed by atoms with Gasteiger partial charge in [0.15, 0.2) is 0 Å². The Morgan fingerprint density at radius 3 is 2.53 bits per heavy atom. The predicted molar refractivity (Wildman–Crippen MR) is 61.2 cm³/mol. The van der Waals surface area contributed by atoms with Crippen LogP contribution in [0.3, 0.4) is 0 Å². The van der Waals surface area contributed by atoms with Crippen LogP contribution >= 0.6 is 0 Å². The van der Waals surface area contributed by atoms with Crippen molar-refractivity contribution in [2.45, 2.75) is 32.7 Å². The lowest BCUT2D eigenvalue weighted by molar-refractivity contribution is 0.287. The first-order valence-corrected chi connectivity index (χ1v) is 6.98. The topological polar surface area (TPSA) is 78.4 Å². The molecule has 0 unspecified atom stereocenters. The van der Waals surface area contributed by atoms with Gasteiger partial charge in [0.2, 0.25) is 10.0 Å². The van der Waals surface area contributed by atoms with Crippen LogP contribution in [0.5, 0.6) is 0 Å². The highest BCUT2D eigenvalue weighted by Crippen LogP contribution is 1.94. The fourth-order valence-corrected chi connectivity index (χ4v) is 2.38. The summed E-state index contributed by atoms with van der Waals surface area (Å²) in [5, 5.41) is 11.6. The van der Waals surface area contributed by atoms with Gasteiger partial charge in [-0.05, 0) is 26.3 Å². The smallest absolute Gasteiger partial charge is 0.211 e. The molecule has 5 nitrogen and oxygen atoms in total. The summed E-state index contributed by atoms with van der Waals surface area (Å²) in [6.07, 6.45) is 1.03. The average Bonchev–Trinajstić information content (AvgIpc) is 2.16. The van der Waals surface area contributed by atoms with Gasteiger partial charge in [0.25, 0.3) is 0 Å². The fourth-order valence-electron chi connectivity index (χ4n) is 1.15. The van der Waals surface area contributed by atoms with E-state index in [1.165, 1.54) is 0 Å². The minimum Gasteiger partial charge on any atom is -0.396 e. The van der Waals surface area contributed by atoms with Crippen LogP contribution in [0.4, 0.5) is 0 Å². The van der Waals surface area contributed by atoms with Gasteiger partial charge >= 0.3 is 0 Å². The van der Waals surface area contributed by atoms with Crippen molar-refractivity contribution in [3.63, 3.8) is 0 Å². The summed E-state index contributed by atoms with van der Waals surface area (Å²) in [5.41, 5.74) is 0. The normalized spacial score (nSPS) is 14.1. The Balaban J connectivity index is 3.73. The molecule has 0 spiro atoms. The molecule has 0 bridgehead atoms. The molecule has 0 heterocycles. The van der Waals surface area contributed by atoms with Crippen LogP contribution in [0.25, 0.3) is 0 Å². The maximum Gasteiger partial charge on any atom is 0.211 e. The third-order valence-electron chi connectivity index (χ3n) is 1.98. The van der Waals surface area contributed by atoms with Crippen molar-refractivity contribution in [3.8, 4) is 0 Å². The van der Waals surface area contributed by atoms with Crippen molar-refractivity contribution in [3.05, 3.63) is 0 Å². The first-order chi connectivity index (χ1) is 7.02. The van der Waals surface area contributed by atoms with E-state index < -0.39 is 10.0 Å². The van der Waals surface area contributed by atoms with Crippen LogP contribution < -0.4 is 10.0 Å². The number of aliphatic hydroxyl groups excluding tert-OH is 1. The maximum atomic E-state index is 11.4. The van der Waals surface area contributed by atoms with Crippen molar-refractivity contribution in [1.29, 1.82) is 0 Å². The zero-order valence-corrected chi connectivity index (χ0v) is 10.3. The summed E-state index contributed by atoms with van der Waals surface area (Å²) in [7, 11) is -3.17. The molecule has 0 saturated heterocycles. The second kappa shape index (κ2) is 8.04. The third kappa shape index (κ3) is 8.80. The number of likely N-dealkylation sites (N-methyl/N-ethyl adjacent to an activating group) is 1. The highest BCUT2D eigenvalue weighted by atomic mass is 32.2. The quantitative estimate of drug-likeness (QED) is 0.481. The minimum absolute atomic E-state index is 0.0450. The Labute approximate surface area is 92.3 Å². The summed E-state index contributed by atoms with van der Waals surface area (Å²) in [6, 6.07) is 0.141. The highest BCUT2D eigenvalue weighted by Gasteiger charge is 2.10. The number of hydrogen-bond donors (Lipinski definition) is 3. The number of aliphatic hydroxyl groups is 1. The molecule has 6 heteroatoms. The van der Waals surface area contributed by atoms with E-state index in [1.807, 2.05) is 13.8 Å². The third-order valence-corrected chi connectivity index (χ3v) is 3.42. The van der Waals surface area contributed by atoms with Gasteiger partial charge in [-0.15, -0.1) is 0 Å². The van der Waals surface area contributed by atoms with E-state index >= 15 is 0 Å². The number of rotatable bonds is 9. The molecule has 1 atom stereocenters. The predicted octanol–water partition coefficient (Wildman–Crippen LogP) is -0.324. The van der Waals surface area contributed by atoms with Gasteiger partial charge < -0.3 is 10.4 Å². The van der Waals surface area contributed by atoms with Crippen LogP contribution in [-0.4, -0.2) is 45.0 Å². The maximum absolute atomic E-state index is 11.4. The lowest BCUT2D eigenvalue weighted by Gasteiger charge is -2.13. The summed E-state index contributed by atoms with van der Waals surface area (Å²) in [5.74, 6) is 0.0897. The van der Waals surface area contributed by atoms with Crippen molar-refractivity contribution in [2.75, 3.05) is 25.4 Å². The van der Waals surface area contributed by atoms with Crippen LogP contribution in [0.1, 0.15) is 26.7 Å². The molecule has 0 aromatic carbocycles. The molecule has 0 fully saturated rings. The van der Waals surface area contributed by atoms with Crippen molar-refractivity contribution >= 4 is 10.0 Å². The summed E-state index contributed by atoms with van der Waals surface area (Å²) in [4.78, 5) is 0. The largest absolute Gasteiger partial charge is 0.396 e. The Morgan fingerprint density at radius 2 is 2.00 bits per heavy atom. The van der Waals surface area contributed by atoms with E-state index in [-0.39, 0.29) is 18.4 Å². The number of nitrogens with one attached hydrogen (secondary N) is 2. The van der Waals surface area contributed by atoms with Gasteiger partial charge in [-0.1, -0.05) is 6.92 Å². The van der Waals surface area contributed by atoms with Crippen molar-refractivity contribution in [2.24, 2.45) is 0 Å². The molecule has 0 aliphatic carbocycles. The van der Waals surface area contributed by atoms with Crippen LogP contribution in [0, 0.1) is 0 Å². The Hall–Kier alpha value is -0.170. The summed E-state index contributed by atoms with van der Waals surface area (Å²) >= 11 is 0. The Kier molecular flexibility index (Phi) is 7.95. The van der Waals surface area contributed by atoms with E-state index in [9.17, 15) is 8.42 Å². The standard InChI is InChI=1S/C9H22N2O3S/c1-3-10-9(2)8-11-15(13,14)7-5-4-6-12/h9-12H,3-8H2,1-2H3/t9-/m0/s1. The minimum atomic E-state index is -3.17. The fraction of sp³-hybridized carbons (Fsp3) is 1.00. The monoisotopic (exact) mass is 238 g/mol. The zero-order valence-electron chi connectivity index (χ0n) is 9.49. The van der Waals surface area contributed by atoms with Crippen LogP contribution in [-0.2, 0) is 10.0 Å². The molecular formula is C9H22N2O3S. The summed E-state index contributed by atoms with van der Waals surface area (Å²) < 4.78 is 25.3. The van der Waals surface area contributed by atoms with Crippen LogP contribution in [0.15, 0.2) is 0 Å². The Bertz CT molecular complexity index is 242. The summed E-state index contributed by atoms with van der Waals surface area (Å²) in [6.45, 7) is 5.19. The molecule has 3 N–H and O–H groups in total. The van der Waals surface area contributed by atoms with Crippen molar-refractivity contribution < 1.29 is 13.5 Å². The second-order valence-electron chi connectivity index (χ2n) is 3.56. The zero-order chi connectivity index (χ0) is 11.7. The van der Waals surface area contributed by atoms with Crippen molar-refractivity contribution in [1.82, 2.24) is 10.0 Å². The van der Waals surface area contributed by atoms with E-state index in [2.05, 4.69) is 10.0 Å². The van der Waals surface area contributed by atoms with Gasteiger partial charge in [0.1, 0.15) is 0 Å². The molecule has 92 valence electrons. The molecule has 0 radical (unpaired) electrons. The molecule has 0 aliphatic rings. The van der Waals surface area contributed by atoms with E-state index in [1.54, 1.807) is 0 Å². The average molecular weight is 238 g/mol. The van der Waals surface area contributed by atoms with E-state index in [4.69, 9.17) is 5.11 Å². The lowest BCUT2D eigenvalue weighted by atomic mass is 10.3. The molecule has 0 saturated carbocycles. The molecule has 0 rings (SSSR count). The first-order valence-electron chi connectivity index (χ1n) is 5.33. The first kappa shape index (κ1) is 14.8. The molecule has 0 amide bonds. The van der Waals surface area contributed by atoms with Gasteiger partial charge in [-0.25, -0.2) is 13.1 Å². The second-order valence-corrected chi connectivity index (χ2v) is 5.48. The molecule has 0 aromatic rings. The molecule has 0 aromatic heterocycles. The number of hydrogen-bond acceptors (Lipinski definition) is 4. The van der Waals surface area contributed by atoms with E-state index in [0.717, 1.165) is 6.54 Å². The molecule has 15 heavy (non-hydrogen) atoms. The van der Waals surface area contributed by atoms with Gasteiger partial charge in [0.05, 0.1) is 5.75 Å². The molecular weight excluding hydrogens is 216 g/mol. The highest BCUT2D eigenvalue weighted by molar-refractivity contribution is 7.89. The number of unbranched alkanes of at least 4 members (excludes halogenated alkanes) is 1. The van der Waals surface area contributed by atoms with Gasteiger partial charge in [-0.2, -0.15) is 0 Å². The van der Waals surface area contributed by atoms with Gasteiger partial charge in [-0.3, -0.25) is 0 Å². The molecule has 0 aliphatic heterocycles. The van der Waals surface area contributed by atoms with Crippen LogP contribution in [0.2, 0.25) is 0 Å². The SMILES string of the molecule is CCN[C@@H](C)CNS(=O)(=O)CCCCO. The van der Waals surface area contributed by atoms with Gasteiger partial charge in [0, 0.05) is 19.2 Å². The number of sulfonamides is 1. The Morgan fingerprint density at radius 1 is 1.33 bits per heavy atom. The lowest BCUT2D eigenvalue weighted by Crippen LogP contribution is -2.39.